The number of carbonyl (C=O) groups excluding carboxylic acids is 2. The summed E-state index contributed by atoms with van der Waals surface area (Å²) >= 11 is 5.11. The highest BCUT2D eigenvalue weighted by atomic mass is 79.9. The van der Waals surface area contributed by atoms with Crippen LogP contribution in [0.2, 0.25) is 0 Å². The third-order valence-electron chi connectivity index (χ3n) is 5.56. The van der Waals surface area contributed by atoms with Crippen LogP contribution in [0.1, 0.15) is 36.1 Å². The summed E-state index contributed by atoms with van der Waals surface area (Å²) in [6.45, 7) is 6.31. The third kappa shape index (κ3) is 8.86. The van der Waals surface area contributed by atoms with E-state index in [1.165, 1.54) is 11.1 Å². The van der Waals surface area contributed by atoms with Crippen molar-refractivity contribution in [2.24, 2.45) is 0 Å². The van der Waals surface area contributed by atoms with Crippen LogP contribution in [-0.4, -0.2) is 34.6 Å². The zero-order valence-corrected chi connectivity index (χ0v) is 22.9. The number of benzene rings is 3. The van der Waals surface area contributed by atoms with Gasteiger partial charge in [0, 0.05) is 29.2 Å². The van der Waals surface area contributed by atoms with Crippen LogP contribution in [0.4, 0.5) is 0 Å². The highest BCUT2D eigenvalue weighted by Crippen LogP contribution is 2.20. The Hall–Kier alpha value is -2.57. The molecular weight excluding hydrogens is 520 g/mol. The highest BCUT2D eigenvalue weighted by Gasteiger charge is 2.30. The van der Waals surface area contributed by atoms with E-state index in [1.807, 2.05) is 68.4 Å². The molecule has 6 heteroatoms. The summed E-state index contributed by atoms with van der Waals surface area (Å²) in [5.41, 5.74) is 4.41. The lowest BCUT2D eigenvalue weighted by atomic mass is 10.0. The minimum atomic E-state index is -0.605. The zero-order valence-electron chi connectivity index (χ0n) is 20.5. The van der Waals surface area contributed by atoms with Gasteiger partial charge in [-0.2, -0.15) is 0 Å². The smallest absolute Gasteiger partial charge is 0.243 e. The van der Waals surface area contributed by atoms with Crippen molar-refractivity contribution >= 4 is 39.5 Å². The molecule has 2 amide bonds. The first kappa shape index (κ1) is 27.0. The monoisotopic (exact) mass is 552 g/mol. The molecule has 1 atom stereocenters. The fraction of sp³-hybridized carbons (Fsp3) is 0.310. The molecule has 3 aromatic rings. The van der Waals surface area contributed by atoms with E-state index >= 15 is 0 Å². The van der Waals surface area contributed by atoms with Crippen LogP contribution < -0.4 is 5.32 Å². The van der Waals surface area contributed by atoms with Gasteiger partial charge in [0.15, 0.2) is 0 Å². The molecule has 0 unspecified atom stereocenters. The molecule has 0 aliphatic heterocycles. The molecule has 3 aromatic carbocycles. The van der Waals surface area contributed by atoms with Crippen LogP contribution >= 0.6 is 27.7 Å². The summed E-state index contributed by atoms with van der Waals surface area (Å²) < 4.78 is 0.947. The van der Waals surface area contributed by atoms with E-state index in [0.29, 0.717) is 18.7 Å². The fourth-order valence-electron chi connectivity index (χ4n) is 3.79. The number of rotatable bonds is 11. The molecule has 4 nitrogen and oxygen atoms in total. The molecule has 1 N–H and O–H groups in total. The van der Waals surface area contributed by atoms with Gasteiger partial charge in [0.1, 0.15) is 6.04 Å². The number of carbonyl (C=O) groups is 2. The van der Waals surface area contributed by atoms with Crippen LogP contribution in [0.3, 0.4) is 0 Å². The number of hydrogen-bond donors (Lipinski definition) is 1. The normalized spacial score (nSPS) is 11.8. The molecule has 0 fully saturated rings. The van der Waals surface area contributed by atoms with Gasteiger partial charge in [-0.15, -0.1) is 11.8 Å². The van der Waals surface area contributed by atoms with Crippen molar-refractivity contribution in [3.8, 4) is 0 Å². The van der Waals surface area contributed by atoms with Gasteiger partial charge in [-0.25, -0.2) is 0 Å². The van der Waals surface area contributed by atoms with E-state index in [-0.39, 0.29) is 17.9 Å². The zero-order chi connectivity index (χ0) is 25.2. The molecule has 0 saturated heterocycles. The summed E-state index contributed by atoms with van der Waals surface area (Å²) in [4.78, 5) is 28.7. The number of hydrogen-bond acceptors (Lipinski definition) is 3. The van der Waals surface area contributed by atoms with Gasteiger partial charge in [-0.3, -0.25) is 9.59 Å². The second-order valence-electron chi connectivity index (χ2n) is 9.00. The van der Waals surface area contributed by atoms with Crippen molar-refractivity contribution in [3.05, 3.63) is 106 Å². The first-order valence-corrected chi connectivity index (χ1v) is 13.8. The van der Waals surface area contributed by atoms with Crippen LogP contribution in [-0.2, 0) is 28.3 Å². The number of thioether (sulfide) groups is 1. The molecule has 3 rings (SSSR count). The molecule has 0 aromatic heterocycles. The van der Waals surface area contributed by atoms with Gasteiger partial charge in [0.2, 0.25) is 11.8 Å². The van der Waals surface area contributed by atoms with Crippen molar-refractivity contribution < 1.29 is 9.59 Å². The second-order valence-corrected chi connectivity index (χ2v) is 10.9. The number of nitrogens with zero attached hydrogens (tertiary/aromatic N) is 1. The van der Waals surface area contributed by atoms with E-state index < -0.39 is 6.04 Å². The minimum absolute atomic E-state index is 0.0143. The third-order valence-corrected chi connectivity index (χ3v) is 7.04. The Balaban J connectivity index is 1.84. The Morgan fingerprint density at radius 1 is 0.914 bits per heavy atom. The lowest BCUT2D eigenvalue weighted by Crippen LogP contribution is -2.52. The standard InChI is InChI=1S/C29H33BrN2O2S/c1-21(2)31-29(34)27(17-23-8-5-4-6-9-23)32(18-25-10-7-11-26(30)16-25)28(33)20-35-19-24-14-12-22(3)13-15-24/h4-16,21,27H,17-20H2,1-3H3,(H,31,34)/t27-/m1/s1. The molecule has 0 heterocycles. The van der Waals surface area contributed by atoms with Crippen LogP contribution in [0.15, 0.2) is 83.3 Å². The maximum Gasteiger partial charge on any atom is 0.243 e. The molecule has 0 radical (unpaired) electrons. The molecule has 0 spiro atoms. The van der Waals surface area contributed by atoms with Crippen molar-refractivity contribution in [1.29, 1.82) is 0 Å². The lowest BCUT2D eigenvalue weighted by molar-refractivity contribution is -0.139. The van der Waals surface area contributed by atoms with Gasteiger partial charge in [0.25, 0.3) is 0 Å². The summed E-state index contributed by atoms with van der Waals surface area (Å²) in [6.07, 6.45) is 0.460. The lowest BCUT2D eigenvalue weighted by Gasteiger charge is -2.32. The molecular formula is C29H33BrN2O2S. The first-order valence-electron chi connectivity index (χ1n) is 11.8. The predicted octanol–water partition coefficient (Wildman–Crippen LogP) is 6.16. The van der Waals surface area contributed by atoms with Gasteiger partial charge < -0.3 is 10.2 Å². The Bertz CT molecular complexity index is 1100. The summed E-state index contributed by atoms with van der Waals surface area (Å²) in [5.74, 6) is 0.887. The topological polar surface area (TPSA) is 49.4 Å². The number of halogens is 1. The minimum Gasteiger partial charge on any atom is -0.352 e. The number of amides is 2. The van der Waals surface area contributed by atoms with E-state index in [4.69, 9.17) is 0 Å². The quantitative estimate of drug-likeness (QED) is 0.310. The van der Waals surface area contributed by atoms with Crippen molar-refractivity contribution in [3.63, 3.8) is 0 Å². The maximum atomic E-state index is 13.6. The number of aryl methyl sites for hydroxylation is 1. The Morgan fingerprint density at radius 3 is 2.26 bits per heavy atom. The average molecular weight is 554 g/mol. The predicted molar refractivity (Wildman–Crippen MR) is 149 cm³/mol. The van der Waals surface area contributed by atoms with E-state index in [9.17, 15) is 9.59 Å². The van der Waals surface area contributed by atoms with E-state index in [2.05, 4.69) is 52.4 Å². The Kier molecular flexibility index (Phi) is 10.4. The summed E-state index contributed by atoms with van der Waals surface area (Å²) in [6, 6.07) is 25.5. The van der Waals surface area contributed by atoms with Gasteiger partial charge in [-0.1, -0.05) is 88.2 Å². The Labute approximate surface area is 221 Å². The van der Waals surface area contributed by atoms with Crippen LogP contribution in [0.25, 0.3) is 0 Å². The molecule has 0 bridgehead atoms. The molecule has 0 aliphatic rings. The highest BCUT2D eigenvalue weighted by molar-refractivity contribution is 9.10. The largest absolute Gasteiger partial charge is 0.352 e. The van der Waals surface area contributed by atoms with Gasteiger partial charge in [-0.05, 0) is 49.6 Å². The van der Waals surface area contributed by atoms with Crippen LogP contribution in [0.5, 0.6) is 0 Å². The van der Waals surface area contributed by atoms with Gasteiger partial charge >= 0.3 is 0 Å². The molecule has 35 heavy (non-hydrogen) atoms. The van der Waals surface area contributed by atoms with Crippen molar-refractivity contribution in [1.82, 2.24) is 10.2 Å². The number of nitrogens with one attached hydrogen (secondary N) is 1. The maximum absolute atomic E-state index is 13.6. The molecule has 0 aliphatic carbocycles. The molecule has 0 saturated carbocycles. The van der Waals surface area contributed by atoms with Crippen molar-refractivity contribution in [2.75, 3.05) is 5.75 Å². The van der Waals surface area contributed by atoms with Gasteiger partial charge in [0.05, 0.1) is 5.75 Å². The fourth-order valence-corrected chi connectivity index (χ4v) is 5.11. The van der Waals surface area contributed by atoms with E-state index in [0.717, 1.165) is 21.4 Å². The SMILES string of the molecule is Cc1ccc(CSCC(=O)N(Cc2cccc(Br)c2)[C@H](Cc2ccccc2)C(=O)NC(C)C)cc1. The van der Waals surface area contributed by atoms with Crippen molar-refractivity contribution in [2.45, 2.75) is 51.6 Å². The molecule has 184 valence electrons. The first-order chi connectivity index (χ1) is 16.8. The summed E-state index contributed by atoms with van der Waals surface area (Å²) in [7, 11) is 0. The average Bonchev–Trinajstić information content (AvgIpc) is 2.82. The van der Waals surface area contributed by atoms with E-state index in [1.54, 1.807) is 16.7 Å². The second kappa shape index (κ2) is 13.5. The Morgan fingerprint density at radius 2 is 1.60 bits per heavy atom. The van der Waals surface area contributed by atoms with Crippen LogP contribution in [0, 0.1) is 6.92 Å². The summed E-state index contributed by atoms with van der Waals surface area (Å²) in [5, 5.41) is 3.03.